The Hall–Kier alpha value is 1.46. The highest BCUT2D eigenvalue weighted by atomic mass is 33.7. The van der Waals surface area contributed by atoms with Gasteiger partial charge in [0.05, 0.1) is 0 Å². The molecule has 0 heterocycles. The van der Waals surface area contributed by atoms with Crippen LogP contribution in [0.3, 0.4) is 0 Å². The molecule has 0 spiro atoms. The van der Waals surface area contributed by atoms with E-state index in [1.807, 2.05) is 58.6 Å². The van der Waals surface area contributed by atoms with E-state index in [1.165, 1.54) is 12.2 Å². The molecule has 0 fully saturated rings. The summed E-state index contributed by atoms with van der Waals surface area (Å²) in [6.07, 6.45) is 1.20. The Morgan fingerprint density at radius 1 is 0.727 bits per heavy atom. The van der Waals surface area contributed by atoms with Crippen molar-refractivity contribution >= 4 is 48.6 Å². The second kappa shape index (κ2) is 17.3. The van der Waals surface area contributed by atoms with Gasteiger partial charge in [-0.3, -0.25) is 0 Å². The maximum absolute atomic E-state index is 5.83. The average molecular weight is 407 g/mol. The minimum atomic E-state index is -1.63. The molecule has 4 nitrogen and oxygen atoms in total. The molecule has 0 atom stereocenters. The monoisotopic (exact) mass is 406 g/mol. The van der Waals surface area contributed by atoms with Crippen molar-refractivity contribution in [3.8, 4) is 0 Å². The maximum Gasteiger partial charge on any atom is 0.243 e. The van der Waals surface area contributed by atoms with Crippen LogP contribution in [0.1, 0.15) is 41.0 Å². The zero-order valence-electron chi connectivity index (χ0n) is 14.2. The van der Waals surface area contributed by atoms with Gasteiger partial charge in [-0.15, -0.1) is 10.2 Å². The van der Waals surface area contributed by atoms with Crippen LogP contribution in [-0.4, -0.2) is 52.0 Å². The van der Waals surface area contributed by atoms with Gasteiger partial charge in [0.15, 0.2) is 11.8 Å². The highest BCUT2D eigenvalue weighted by Gasteiger charge is 2.35. The molecule has 0 aliphatic carbocycles. The smallest absolute Gasteiger partial charge is 0.243 e. The SMILES string of the molecule is CCCSSSS[SiH](C(OCC)OCC)C(OCC)OCC. The second-order valence-electron chi connectivity index (χ2n) is 4.08. The quantitative estimate of drug-likeness (QED) is 0.158. The fourth-order valence-corrected chi connectivity index (χ4v) is 17.3. The number of ether oxygens (including phenoxy) is 4. The van der Waals surface area contributed by atoms with Crippen molar-refractivity contribution in [2.45, 2.75) is 52.9 Å². The standard InChI is InChI=1S/C13H30O4S4Si/c1-6-11-18-19-20-21-22(12(14-7-2)15-8-3)13(16-9-4)17-10-5/h12-13,22H,6-11H2,1-5H3. The van der Waals surface area contributed by atoms with E-state index in [9.17, 15) is 0 Å². The van der Waals surface area contributed by atoms with E-state index in [-0.39, 0.29) is 11.8 Å². The van der Waals surface area contributed by atoms with Crippen LogP contribution in [0.4, 0.5) is 0 Å². The predicted molar refractivity (Wildman–Crippen MR) is 107 cm³/mol. The Kier molecular flexibility index (Phi) is 18.4. The van der Waals surface area contributed by atoms with E-state index >= 15 is 0 Å². The molecule has 0 aromatic heterocycles. The molecule has 0 saturated heterocycles. The average Bonchev–Trinajstić information content (AvgIpc) is 2.51. The summed E-state index contributed by atoms with van der Waals surface area (Å²) in [7, 11) is 5.73. The third kappa shape index (κ3) is 11.1. The summed E-state index contributed by atoms with van der Waals surface area (Å²) in [5.41, 5.74) is 0. The van der Waals surface area contributed by atoms with Crippen LogP contribution in [0.5, 0.6) is 0 Å². The lowest BCUT2D eigenvalue weighted by molar-refractivity contribution is -0.116. The topological polar surface area (TPSA) is 36.9 Å². The minimum absolute atomic E-state index is 0.188. The van der Waals surface area contributed by atoms with Gasteiger partial charge in [-0.2, -0.15) is 0 Å². The van der Waals surface area contributed by atoms with Gasteiger partial charge in [0, 0.05) is 32.2 Å². The highest BCUT2D eigenvalue weighted by Crippen LogP contribution is 2.45. The van der Waals surface area contributed by atoms with Gasteiger partial charge >= 0.3 is 0 Å². The summed E-state index contributed by atoms with van der Waals surface area (Å²) in [5, 5.41) is 0. The van der Waals surface area contributed by atoms with Crippen LogP contribution >= 0.6 is 40.7 Å². The summed E-state index contributed by atoms with van der Waals surface area (Å²) in [6, 6.07) is 0. The van der Waals surface area contributed by atoms with Crippen LogP contribution in [0, 0.1) is 0 Å². The summed E-state index contributed by atoms with van der Waals surface area (Å²) < 4.78 is 23.3. The molecule has 0 rings (SSSR count). The third-order valence-corrected chi connectivity index (χ3v) is 16.1. The van der Waals surface area contributed by atoms with E-state index in [1.54, 1.807) is 9.83 Å². The fraction of sp³-hybridized carbons (Fsp3) is 1.00. The lowest BCUT2D eigenvalue weighted by Crippen LogP contribution is -2.45. The molecule has 0 aromatic rings. The van der Waals surface area contributed by atoms with Crippen LogP contribution in [-0.2, 0) is 18.9 Å². The number of rotatable bonds is 16. The molecule has 134 valence electrons. The van der Waals surface area contributed by atoms with E-state index in [2.05, 4.69) is 6.92 Å². The summed E-state index contributed by atoms with van der Waals surface area (Å²) in [6.45, 7) is 12.8. The largest absolute Gasteiger partial charge is 0.356 e. The zero-order chi connectivity index (χ0) is 16.6. The normalized spacial score (nSPS) is 12.0. The Bertz CT molecular complexity index is 214. The molecule has 22 heavy (non-hydrogen) atoms. The second-order valence-corrected chi connectivity index (χ2v) is 15.1. The molecular formula is C13H30O4S4Si. The van der Waals surface area contributed by atoms with Crippen molar-refractivity contribution in [2.24, 2.45) is 0 Å². The molecule has 0 amide bonds. The van der Waals surface area contributed by atoms with Crippen molar-refractivity contribution in [3.05, 3.63) is 0 Å². The molecule has 0 bridgehead atoms. The summed E-state index contributed by atoms with van der Waals surface area (Å²) in [4.78, 5) is 0. The van der Waals surface area contributed by atoms with Crippen molar-refractivity contribution in [1.29, 1.82) is 0 Å². The van der Waals surface area contributed by atoms with Gasteiger partial charge in [-0.05, 0) is 53.8 Å². The molecule has 0 aliphatic heterocycles. The van der Waals surface area contributed by atoms with Gasteiger partial charge in [-0.25, -0.2) is 0 Å². The van der Waals surface area contributed by atoms with Crippen LogP contribution < -0.4 is 0 Å². The number of hydrogen-bond donors (Lipinski definition) is 0. The molecular weight excluding hydrogens is 376 g/mol. The highest BCUT2D eigenvalue weighted by molar-refractivity contribution is 9.28. The molecule has 0 aromatic carbocycles. The van der Waals surface area contributed by atoms with Gasteiger partial charge in [-0.1, -0.05) is 17.7 Å². The van der Waals surface area contributed by atoms with Crippen LogP contribution in [0.2, 0.25) is 0 Å². The molecule has 0 saturated carbocycles. The van der Waals surface area contributed by atoms with E-state index in [4.69, 9.17) is 18.9 Å². The van der Waals surface area contributed by atoms with E-state index in [0.717, 1.165) is 0 Å². The van der Waals surface area contributed by atoms with Crippen molar-refractivity contribution < 1.29 is 18.9 Å². The van der Waals surface area contributed by atoms with Crippen LogP contribution in [0.15, 0.2) is 0 Å². The number of hydrogen-bond acceptors (Lipinski definition) is 8. The lowest BCUT2D eigenvalue weighted by Gasteiger charge is -2.30. The lowest BCUT2D eigenvalue weighted by atomic mass is 10.6. The summed E-state index contributed by atoms with van der Waals surface area (Å²) in [5.74, 6) is 0.797. The molecule has 0 aliphatic rings. The predicted octanol–water partition coefficient (Wildman–Crippen LogP) is 4.67. The summed E-state index contributed by atoms with van der Waals surface area (Å²) >= 11 is 0. The Morgan fingerprint density at radius 2 is 1.18 bits per heavy atom. The van der Waals surface area contributed by atoms with Crippen molar-refractivity contribution in [1.82, 2.24) is 0 Å². The van der Waals surface area contributed by atoms with E-state index in [0.29, 0.717) is 26.4 Å². The minimum Gasteiger partial charge on any atom is -0.356 e. The zero-order valence-corrected chi connectivity index (χ0v) is 18.7. The Morgan fingerprint density at radius 3 is 1.55 bits per heavy atom. The van der Waals surface area contributed by atoms with Gasteiger partial charge in [0.2, 0.25) is 7.95 Å². The molecule has 0 radical (unpaired) electrons. The first-order chi connectivity index (χ1) is 10.7. The first kappa shape index (κ1) is 23.5. The first-order valence-electron chi connectivity index (χ1n) is 7.82. The molecule has 0 N–H and O–H groups in total. The Labute approximate surface area is 152 Å². The van der Waals surface area contributed by atoms with Crippen molar-refractivity contribution in [3.63, 3.8) is 0 Å². The van der Waals surface area contributed by atoms with Crippen molar-refractivity contribution in [2.75, 3.05) is 32.2 Å². The molecule has 9 heteroatoms. The molecule has 0 unspecified atom stereocenters. The van der Waals surface area contributed by atoms with Gasteiger partial charge < -0.3 is 18.9 Å². The van der Waals surface area contributed by atoms with Gasteiger partial charge in [0.25, 0.3) is 0 Å². The first-order valence-corrected chi connectivity index (χ1v) is 15.6. The van der Waals surface area contributed by atoms with Crippen LogP contribution in [0.25, 0.3) is 0 Å². The fourth-order valence-electron chi connectivity index (χ4n) is 1.55. The Balaban J connectivity index is 4.67. The third-order valence-electron chi connectivity index (χ3n) is 2.37. The maximum atomic E-state index is 5.83. The van der Waals surface area contributed by atoms with Gasteiger partial charge in [0.1, 0.15) is 0 Å². The van der Waals surface area contributed by atoms with E-state index < -0.39 is 7.95 Å².